The number of H-pyrrole nitrogens is 1. The summed E-state index contributed by atoms with van der Waals surface area (Å²) >= 11 is 0. The zero-order valence-corrected chi connectivity index (χ0v) is 11.3. The number of rotatable bonds is 6. The predicted octanol–water partition coefficient (Wildman–Crippen LogP) is 0.204. The van der Waals surface area contributed by atoms with Crippen molar-refractivity contribution in [1.82, 2.24) is 9.71 Å². The molecule has 1 unspecified atom stereocenters. The van der Waals surface area contributed by atoms with Crippen LogP contribution in [-0.2, 0) is 10.0 Å². The van der Waals surface area contributed by atoms with Crippen LogP contribution in [0.15, 0.2) is 28.2 Å². The van der Waals surface area contributed by atoms with Crippen LogP contribution in [0.1, 0.15) is 26.7 Å². The van der Waals surface area contributed by atoms with E-state index in [1.807, 2.05) is 6.92 Å². The minimum atomic E-state index is -3.90. The van der Waals surface area contributed by atoms with Crippen molar-refractivity contribution in [3.8, 4) is 0 Å². The Bertz CT molecular complexity index is 548. The third kappa shape index (κ3) is 3.94. The van der Waals surface area contributed by atoms with Gasteiger partial charge in [-0.25, -0.2) is 13.1 Å². The summed E-state index contributed by atoms with van der Waals surface area (Å²) in [4.78, 5) is 13.6. The van der Waals surface area contributed by atoms with E-state index in [4.69, 9.17) is 0 Å². The molecular weight excluding hydrogens is 256 g/mol. The summed E-state index contributed by atoms with van der Waals surface area (Å²) in [5.41, 5.74) is -1.71. The molecule has 7 heteroatoms. The van der Waals surface area contributed by atoms with Crippen LogP contribution < -0.4 is 10.2 Å². The summed E-state index contributed by atoms with van der Waals surface area (Å²) in [6, 6.07) is 1.14. The molecule has 3 N–H and O–H groups in total. The largest absolute Gasteiger partial charge is 0.389 e. The molecule has 0 fully saturated rings. The van der Waals surface area contributed by atoms with Gasteiger partial charge in [0.1, 0.15) is 4.90 Å². The zero-order valence-electron chi connectivity index (χ0n) is 10.4. The predicted molar refractivity (Wildman–Crippen MR) is 67.8 cm³/mol. The summed E-state index contributed by atoms with van der Waals surface area (Å²) in [5.74, 6) is 0. The second-order valence-corrected chi connectivity index (χ2v) is 6.18. The van der Waals surface area contributed by atoms with Crippen molar-refractivity contribution >= 4 is 10.0 Å². The van der Waals surface area contributed by atoms with Crippen LogP contribution in [0.3, 0.4) is 0 Å². The van der Waals surface area contributed by atoms with E-state index in [0.29, 0.717) is 6.42 Å². The maximum absolute atomic E-state index is 11.9. The first-order valence-corrected chi connectivity index (χ1v) is 7.16. The van der Waals surface area contributed by atoms with Gasteiger partial charge in [0, 0.05) is 25.0 Å². The lowest BCUT2D eigenvalue weighted by molar-refractivity contribution is 0.0554. The number of aromatic amines is 1. The van der Waals surface area contributed by atoms with Crippen LogP contribution in [0, 0.1) is 0 Å². The highest BCUT2D eigenvalue weighted by Crippen LogP contribution is 2.11. The number of nitrogens with one attached hydrogen (secondary N) is 2. The zero-order chi connectivity index (χ0) is 13.8. The number of hydrogen-bond donors (Lipinski definition) is 3. The van der Waals surface area contributed by atoms with Gasteiger partial charge in [0.05, 0.1) is 5.60 Å². The van der Waals surface area contributed by atoms with E-state index < -0.39 is 21.1 Å². The number of aliphatic hydroxyl groups is 1. The van der Waals surface area contributed by atoms with Crippen molar-refractivity contribution in [2.45, 2.75) is 37.2 Å². The highest BCUT2D eigenvalue weighted by Gasteiger charge is 2.24. The molecule has 0 spiro atoms. The highest BCUT2D eigenvalue weighted by atomic mass is 32.2. The molecular formula is C11H18N2O4S. The molecule has 0 bridgehead atoms. The minimum Gasteiger partial charge on any atom is -0.389 e. The molecule has 1 heterocycles. The minimum absolute atomic E-state index is 0.127. The van der Waals surface area contributed by atoms with Gasteiger partial charge in [-0.05, 0) is 13.3 Å². The van der Waals surface area contributed by atoms with E-state index in [9.17, 15) is 18.3 Å². The second kappa shape index (κ2) is 5.64. The SMILES string of the molecule is CCCC(C)(O)CNS(=O)(=O)c1c[nH]ccc1=O. The Kier molecular flexibility index (Phi) is 4.66. The molecule has 0 amide bonds. The van der Waals surface area contributed by atoms with Gasteiger partial charge in [0.2, 0.25) is 15.5 Å². The first-order valence-electron chi connectivity index (χ1n) is 5.68. The van der Waals surface area contributed by atoms with Crippen molar-refractivity contribution in [2.24, 2.45) is 0 Å². The Morgan fingerprint density at radius 2 is 2.17 bits per heavy atom. The van der Waals surface area contributed by atoms with Gasteiger partial charge < -0.3 is 10.1 Å². The lowest BCUT2D eigenvalue weighted by atomic mass is 10.0. The van der Waals surface area contributed by atoms with Gasteiger partial charge in [-0.1, -0.05) is 13.3 Å². The van der Waals surface area contributed by atoms with Gasteiger partial charge in [-0.2, -0.15) is 0 Å². The van der Waals surface area contributed by atoms with Crippen molar-refractivity contribution in [3.05, 3.63) is 28.7 Å². The highest BCUT2D eigenvalue weighted by molar-refractivity contribution is 7.89. The maximum atomic E-state index is 11.9. The summed E-state index contributed by atoms with van der Waals surface area (Å²) in [6.07, 6.45) is 3.69. The number of pyridine rings is 1. The fraction of sp³-hybridized carbons (Fsp3) is 0.545. The summed E-state index contributed by atoms with van der Waals surface area (Å²) in [7, 11) is -3.90. The van der Waals surface area contributed by atoms with Crippen LogP contribution in [0.5, 0.6) is 0 Å². The molecule has 1 atom stereocenters. The van der Waals surface area contributed by atoms with E-state index in [2.05, 4.69) is 9.71 Å². The van der Waals surface area contributed by atoms with Crippen LogP contribution in [0.2, 0.25) is 0 Å². The number of hydrogen-bond acceptors (Lipinski definition) is 4. The first kappa shape index (κ1) is 14.9. The van der Waals surface area contributed by atoms with Crippen molar-refractivity contribution in [2.75, 3.05) is 6.54 Å². The van der Waals surface area contributed by atoms with Crippen LogP contribution in [-0.4, -0.2) is 30.7 Å². The van der Waals surface area contributed by atoms with Gasteiger partial charge in [-0.15, -0.1) is 0 Å². The molecule has 0 aliphatic carbocycles. The van der Waals surface area contributed by atoms with E-state index in [-0.39, 0.29) is 11.4 Å². The van der Waals surface area contributed by atoms with Gasteiger partial charge in [0.25, 0.3) is 0 Å². The van der Waals surface area contributed by atoms with Gasteiger partial charge in [0.15, 0.2) is 0 Å². The molecule has 18 heavy (non-hydrogen) atoms. The molecule has 1 aromatic rings. The van der Waals surface area contributed by atoms with E-state index in [0.717, 1.165) is 18.7 Å². The molecule has 102 valence electrons. The third-order valence-electron chi connectivity index (χ3n) is 2.51. The fourth-order valence-electron chi connectivity index (χ4n) is 1.57. The Morgan fingerprint density at radius 1 is 1.50 bits per heavy atom. The monoisotopic (exact) mass is 274 g/mol. The Morgan fingerprint density at radius 3 is 2.72 bits per heavy atom. The average molecular weight is 274 g/mol. The van der Waals surface area contributed by atoms with Gasteiger partial charge >= 0.3 is 0 Å². The molecule has 6 nitrogen and oxygen atoms in total. The molecule has 0 aliphatic heterocycles. The lowest BCUT2D eigenvalue weighted by Crippen LogP contribution is -2.41. The molecule has 1 aromatic heterocycles. The van der Waals surface area contributed by atoms with E-state index in [1.54, 1.807) is 6.92 Å². The number of sulfonamides is 1. The Labute approximate surface area is 106 Å². The van der Waals surface area contributed by atoms with Crippen LogP contribution in [0.25, 0.3) is 0 Å². The van der Waals surface area contributed by atoms with Crippen molar-refractivity contribution < 1.29 is 13.5 Å². The molecule has 0 radical (unpaired) electrons. The normalized spacial score (nSPS) is 15.3. The second-order valence-electron chi connectivity index (χ2n) is 4.44. The molecule has 1 rings (SSSR count). The van der Waals surface area contributed by atoms with Crippen molar-refractivity contribution in [1.29, 1.82) is 0 Å². The fourth-order valence-corrected chi connectivity index (χ4v) is 2.78. The maximum Gasteiger partial charge on any atom is 0.246 e. The summed E-state index contributed by atoms with van der Waals surface area (Å²) in [5, 5.41) is 9.88. The smallest absolute Gasteiger partial charge is 0.246 e. The van der Waals surface area contributed by atoms with E-state index >= 15 is 0 Å². The topological polar surface area (TPSA) is 99.3 Å². The molecule has 0 aliphatic rings. The molecule has 0 saturated carbocycles. The summed E-state index contributed by atoms with van der Waals surface area (Å²) in [6.45, 7) is 3.32. The van der Waals surface area contributed by atoms with Crippen LogP contribution in [0.4, 0.5) is 0 Å². The third-order valence-corrected chi connectivity index (χ3v) is 3.93. The van der Waals surface area contributed by atoms with Crippen LogP contribution >= 0.6 is 0 Å². The standard InChI is InChI=1S/C11H18N2O4S/c1-3-5-11(2,15)8-13-18(16,17)10-7-12-6-4-9(10)14/h4,6-7,13,15H,3,5,8H2,1-2H3,(H,12,14). The summed E-state index contributed by atoms with van der Waals surface area (Å²) < 4.78 is 26.0. The Balaban J connectivity index is 2.85. The lowest BCUT2D eigenvalue weighted by Gasteiger charge is -2.22. The molecule has 0 saturated heterocycles. The number of aromatic nitrogens is 1. The quantitative estimate of drug-likeness (QED) is 0.690. The van der Waals surface area contributed by atoms with E-state index in [1.165, 1.54) is 6.20 Å². The van der Waals surface area contributed by atoms with Crippen molar-refractivity contribution in [3.63, 3.8) is 0 Å². The first-order chi connectivity index (χ1) is 8.28. The van der Waals surface area contributed by atoms with Gasteiger partial charge in [-0.3, -0.25) is 4.79 Å². The average Bonchev–Trinajstić information content (AvgIpc) is 2.27. The Hall–Kier alpha value is -1.18. The molecule has 0 aromatic carbocycles.